The van der Waals surface area contributed by atoms with E-state index in [4.69, 9.17) is 0 Å². The normalized spacial score (nSPS) is 18.7. The monoisotopic (exact) mass is 246 g/mol. The zero-order valence-electron chi connectivity index (χ0n) is 11.7. The summed E-state index contributed by atoms with van der Waals surface area (Å²) in [6, 6.07) is 6.36. The third-order valence-corrected chi connectivity index (χ3v) is 3.42. The van der Waals surface area contributed by atoms with E-state index in [0.29, 0.717) is 6.54 Å². The van der Waals surface area contributed by atoms with Gasteiger partial charge in [-0.05, 0) is 38.3 Å². The Morgan fingerprint density at radius 2 is 2.11 bits per heavy atom. The summed E-state index contributed by atoms with van der Waals surface area (Å²) in [5, 5.41) is 3.03. The maximum Gasteiger partial charge on any atom is 0.239 e. The highest BCUT2D eigenvalue weighted by Gasteiger charge is 2.31. The minimum Gasteiger partial charge on any atom is -0.359 e. The third kappa shape index (κ3) is 2.50. The number of nitrogens with one attached hydrogen (secondary N) is 1. The average Bonchev–Trinajstić information content (AvgIpc) is 2.25. The van der Waals surface area contributed by atoms with Crippen LogP contribution in [-0.2, 0) is 11.2 Å². The van der Waals surface area contributed by atoms with E-state index >= 15 is 0 Å². The van der Waals surface area contributed by atoms with Gasteiger partial charge in [-0.2, -0.15) is 0 Å². The fraction of sp³-hybridized carbons (Fsp3) is 0.533. The fourth-order valence-corrected chi connectivity index (χ4v) is 2.78. The highest BCUT2D eigenvalue weighted by molar-refractivity contribution is 5.84. The lowest BCUT2D eigenvalue weighted by Gasteiger charge is -2.41. The van der Waals surface area contributed by atoms with E-state index in [1.54, 1.807) is 0 Å². The number of para-hydroxylation sites is 1. The molecule has 0 bridgehead atoms. The minimum atomic E-state index is -0.164. The predicted molar refractivity (Wildman–Crippen MR) is 75.0 cm³/mol. The van der Waals surface area contributed by atoms with E-state index in [9.17, 15) is 4.79 Å². The van der Waals surface area contributed by atoms with Gasteiger partial charge < -0.3 is 10.2 Å². The second kappa shape index (κ2) is 4.63. The number of hydrogen-bond donors (Lipinski definition) is 1. The number of benzene rings is 1. The number of piperazine rings is 1. The van der Waals surface area contributed by atoms with Crippen molar-refractivity contribution in [3.8, 4) is 0 Å². The van der Waals surface area contributed by atoms with Gasteiger partial charge in [-0.25, -0.2) is 0 Å². The van der Waals surface area contributed by atoms with E-state index in [2.05, 4.69) is 56.1 Å². The van der Waals surface area contributed by atoms with Crippen LogP contribution in [0.2, 0.25) is 0 Å². The molecule has 0 radical (unpaired) electrons. The summed E-state index contributed by atoms with van der Waals surface area (Å²) in [5.74, 6) is 0.108. The van der Waals surface area contributed by atoms with E-state index < -0.39 is 0 Å². The van der Waals surface area contributed by atoms with E-state index in [-0.39, 0.29) is 11.4 Å². The van der Waals surface area contributed by atoms with Gasteiger partial charge in [0, 0.05) is 12.2 Å². The molecule has 1 aliphatic rings. The molecule has 2 rings (SSSR count). The Morgan fingerprint density at radius 1 is 1.39 bits per heavy atom. The molecule has 98 valence electrons. The number of rotatable bonds is 2. The smallest absolute Gasteiger partial charge is 0.239 e. The van der Waals surface area contributed by atoms with Gasteiger partial charge >= 0.3 is 0 Å². The molecule has 1 saturated heterocycles. The standard InChI is InChI=1S/C15H22N2O/c1-5-12-8-6-7-11(2)14(12)17-9-13(18)16-15(3,4)10-17/h6-8H,5,9-10H2,1-4H3,(H,16,18). The van der Waals surface area contributed by atoms with Crippen LogP contribution in [0.3, 0.4) is 0 Å². The first-order valence-electron chi connectivity index (χ1n) is 6.57. The minimum absolute atomic E-state index is 0.108. The average molecular weight is 246 g/mol. The molecule has 0 atom stereocenters. The molecule has 0 spiro atoms. The van der Waals surface area contributed by atoms with Gasteiger partial charge in [0.05, 0.1) is 12.1 Å². The molecular weight excluding hydrogens is 224 g/mol. The van der Waals surface area contributed by atoms with Crippen molar-refractivity contribution in [1.82, 2.24) is 5.32 Å². The topological polar surface area (TPSA) is 32.3 Å². The van der Waals surface area contributed by atoms with Gasteiger partial charge in [-0.1, -0.05) is 25.1 Å². The third-order valence-electron chi connectivity index (χ3n) is 3.42. The van der Waals surface area contributed by atoms with Crippen LogP contribution in [-0.4, -0.2) is 24.5 Å². The summed E-state index contributed by atoms with van der Waals surface area (Å²) < 4.78 is 0. The van der Waals surface area contributed by atoms with Crippen molar-refractivity contribution in [1.29, 1.82) is 0 Å². The summed E-state index contributed by atoms with van der Waals surface area (Å²) in [6.45, 7) is 9.74. The molecule has 0 aromatic heterocycles. The molecule has 1 aromatic rings. The predicted octanol–water partition coefficient (Wildman–Crippen LogP) is 2.27. The lowest BCUT2D eigenvalue weighted by molar-refractivity contribution is -0.122. The van der Waals surface area contributed by atoms with Crippen LogP contribution < -0.4 is 10.2 Å². The molecule has 0 unspecified atom stereocenters. The van der Waals surface area contributed by atoms with E-state index in [0.717, 1.165) is 13.0 Å². The molecule has 3 heteroatoms. The van der Waals surface area contributed by atoms with Crippen molar-refractivity contribution in [3.05, 3.63) is 29.3 Å². The van der Waals surface area contributed by atoms with Crippen molar-refractivity contribution in [2.24, 2.45) is 0 Å². The maximum atomic E-state index is 11.8. The quantitative estimate of drug-likeness (QED) is 0.868. The maximum absolute atomic E-state index is 11.8. The molecule has 3 nitrogen and oxygen atoms in total. The summed E-state index contributed by atoms with van der Waals surface area (Å²) in [4.78, 5) is 14.0. The molecular formula is C15H22N2O. The lowest BCUT2D eigenvalue weighted by Crippen LogP contribution is -2.60. The highest BCUT2D eigenvalue weighted by atomic mass is 16.2. The molecule has 1 fully saturated rings. The van der Waals surface area contributed by atoms with E-state index in [1.165, 1.54) is 16.8 Å². The van der Waals surface area contributed by atoms with Crippen molar-refractivity contribution >= 4 is 11.6 Å². The Hall–Kier alpha value is -1.51. The zero-order valence-corrected chi connectivity index (χ0v) is 11.7. The van der Waals surface area contributed by atoms with Gasteiger partial charge in [0.15, 0.2) is 0 Å². The highest BCUT2D eigenvalue weighted by Crippen LogP contribution is 2.28. The zero-order chi connectivity index (χ0) is 13.3. The van der Waals surface area contributed by atoms with Crippen LogP contribution in [0, 0.1) is 6.92 Å². The van der Waals surface area contributed by atoms with E-state index in [1.807, 2.05) is 0 Å². The molecule has 1 aromatic carbocycles. The molecule has 1 heterocycles. The first-order chi connectivity index (χ1) is 8.43. The Morgan fingerprint density at radius 3 is 2.72 bits per heavy atom. The van der Waals surface area contributed by atoms with Crippen molar-refractivity contribution in [2.75, 3.05) is 18.0 Å². The van der Waals surface area contributed by atoms with Crippen molar-refractivity contribution in [2.45, 2.75) is 39.7 Å². The number of carbonyl (C=O) groups excluding carboxylic acids is 1. The van der Waals surface area contributed by atoms with Gasteiger partial charge in [-0.15, -0.1) is 0 Å². The van der Waals surface area contributed by atoms with Crippen LogP contribution in [0.1, 0.15) is 31.9 Å². The van der Waals surface area contributed by atoms with Crippen LogP contribution in [0.15, 0.2) is 18.2 Å². The lowest BCUT2D eigenvalue weighted by atomic mass is 9.98. The molecule has 1 aliphatic heterocycles. The van der Waals surface area contributed by atoms with Crippen molar-refractivity contribution in [3.63, 3.8) is 0 Å². The number of anilines is 1. The number of nitrogens with zero attached hydrogens (tertiary/aromatic N) is 1. The summed E-state index contributed by atoms with van der Waals surface area (Å²) >= 11 is 0. The number of carbonyl (C=O) groups is 1. The van der Waals surface area contributed by atoms with Gasteiger partial charge in [0.2, 0.25) is 5.91 Å². The first kappa shape index (κ1) is 12.9. The molecule has 0 aliphatic carbocycles. The van der Waals surface area contributed by atoms with Gasteiger partial charge in [0.1, 0.15) is 0 Å². The second-order valence-corrected chi connectivity index (χ2v) is 5.72. The van der Waals surface area contributed by atoms with Gasteiger partial charge in [-0.3, -0.25) is 4.79 Å². The molecule has 0 saturated carbocycles. The fourth-order valence-electron chi connectivity index (χ4n) is 2.78. The number of hydrogen-bond acceptors (Lipinski definition) is 2. The Bertz CT molecular complexity index is 466. The Balaban J connectivity index is 2.39. The summed E-state index contributed by atoms with van der Waals surface area (Å²) in [7, 11) is 0. The number of amides is 1. The van der Waals surface area contributed by atoms with Crippen LogP contribution in [0.5, 0.6) is 0 Å². The molecule has 1 N–H and O–H groups in total. The second-order valence-electron chi connectivity index (χ2n) is 5.72. The van der Waals surface area contributed by atoms with Crippen molar-refractivity contribution < 1.29 is 4.79 Å². The van der Waals surface area contributed by atoms with Crippen LogP contribution in [0.4, 0.5) is 5.69 Å². The van der Waals surface area contributed by atoms with Crippen LogP contribution >= 0.6 is 0 Å². The number of aryl methyl sites for hydroxylation is 2. The Labute approximate surface area is 109 Å². The van der Waals surface area contributed by atoms with Crippen LogP contribution in [0.25, 0.3) is 0 Å². The molecule has 18 heavy (non-hydrogen) atoms. The Kier molecular flexibility index (Phi) is 3.33. The SMILES string of the molecule is CCc1cccc(C)c1N1CC(=O)NC(C)(C)C1. The van der Waals surface area contributed by atoms with Gasteiger partial charge in [0.25, 0.3) is 0 Å². The summed E-state index contributed by atoms with van der Waals surface area (Å²) in [6.07, 6.45) is 0.996. The first-order valence-corrected chi connectivity index (χ1v) is 6.57. The molecule has 1 amide bonds. The largest absolute Gasteiger partial charge is 0.359 e. The summed E-state index contributed by atoms with van der Waals surface area (Å²) in [5.41, 5.74) is 3.64.